The topological polar surface area (TPSA) is 52.6 Å². The van der Waals surface area contributed by atoms with E-state index < -0.39 is 32.2 Å². The lowest BCUT2D eigenvalue weighted by atomic mass is 10.2. The van der Waals surface area contributed by atoms with Crippen LogP contribution in [0.3, 0.4) is 0 Å². The lowest BCUT2D eigenvalue weighted by Crippen LogP contribution is -2.15. The summed E-state index contributed by atoms with van der Waals surface area (Å²) in [5, 5.41) is 0. The van der Waals surface area contributed by atoms with Gasteiger partial charge in [-0.25, -0.2) is 3.63 Å². The Morgan fingerprint density at radius 2 is 1.14 bits per heavy atom. The maximum Gasteiger partial charge on any atom is 0.416 e. The fourth-order valence-electron chi connectivity index (χ4n) is 3.51. The Morgan fingerprint density at radius 3 is 1.63 bits per heavy atom. The summed E-state index contributed by atoms with van der Waals surface area (Å²) in [6.45, 7) is 0. The van der Waals surface area contributed by atoms with Crippen LogP contribution in [0, 0.1) is 0 Å². The highest BCUT2D eigenvalue weighted by molar-refractivity contribution is 8.33. The van der Waals surface area contributed by atoms with Crippen molar-refractivity contribution in [1.82, 2.24) is 0 Å². The van der Waals surface area contributed by atoms with E-state index in [2.05, 4.69) is 0 Å². The van der Waals surface area contributed by atoms with Crippen molar-refractivity contribution in [3.63, 3.8) is 0 Å². The first kappa shape index (κ1) is 24.8. The van der Waals surface area contributed by atoms with Crippen LogP contribution in [0.5, 0.6) is 5.75 Å². The van der Waals surface area contributed by atoms with Crippen LogP contribution >= 0.6 is 10.3 Å². The molecule has 0 unspecified atom stereocenters. The molecule has 0 bridgehead atoms. The molecule has 9 heteroatoms. The van der Waals surface area contributed by atoms with Crippen LogP contribution in [0.4, 0.5) is 13.2 Å². The molecule has 0 saturated heterocycles. The molecule has 4 nitrogen and oxygen atoms in total. The number of alkyl halides is 3. The average Bonchev–Trinajstić information content (AvgIpc) is 2.88. The number of methoxy groups -OCH3 is 1. The molecule has 0 aromatic heterocycles. The van der Waals surface area contributed by atoms with E-state index in [-0.39, 0.29) is 4.90 Å². The summed E-state index contributed by atoms with van der Waals surface area (Å²) in [5.74, 6) is 0.502. The molecule has 0 amide bonds. The predicted octanol–water partition coefficient (Wildman–Crippen LogP) is 7.32. The maximum atomic E-state index is 13.6. The lowest BCUT2D eigenvalue weighted by Gasteiger charge is -2.39. The summed E-state index contributed by atoms with van der Waals surface area (Å²) in [5.41, 5.74) is -0.950. The molecule has 182 valence electrons. The van der Waals surface area contributed by atoms with Gasteiger partial charge in [0.1, 0.15) is 5.75 Å². The number of rotatable bonds is 7. The Balaban J connectivity index is 1.95. The van der Waals surface area contributed by atoms with Crippen molar-refractivity contribution < 1.29 is 30.0 Å². The van der Waals surface area contributed by atoms with Crippen molar-refractivity contribution in [2.75, 3.05) is 7.11 Å². The maximum absolute atomic E-state index is 13.6. The number of halogens is 3. The predicted molar refractivity (Wildman–Crippen MR) is 128 cm³/mol. The van der Waals surface area contributed by atoms with Gasteiger partial charge in [0.05, 0.1) is 17.6 Å². The van der Waals surface area contributed by atoms with E-state index in [0.29, 0.717) is 20.4 Å². The molecule has 35 heavy (non-hydrogen) atoms. The van der Waals surface area contributed by atoms with E-state index in [1.54, 1.807) is 84.9 Å². The van der Waals surface area contributed by atoms with Gasteiger partial charge in [-0.3, -0.25) is 0 Å². The van der Waals surface area contributed by atoms with Gasteiger partial charge in [0.25, 0.3) is 0 Å². The summed E-state index contributed by atoms with van der Waals surface area (Å²) in [6.07, 6.45) is -4.59. The second kappa shape index (κ2) is 9.77. The zero-order valence-electron chi connectivity index (χ0n) is 18.5. The van der Waals surface area contributed by atoms with Crippen molar-refractivity contribution in [3.8, 4) is 5.75 Å². The van der Waals surface area contributed by atoms with Gasteiger partial charge in [-0.1, -0.05) is 42.5 Å². The van der Waals surface area contributed by atoms with Gasteiger partial charge >= 0.3 is 16.3 Å². The average molecular weight is 519 g/mol. The number of ether oxygens (including phenoxy) is 1. The van der Waals surface area contributed by atoms with E-state index in [1.807, 2.05) is 0 Å². The van der Waals surface area contributed by atoms with Gasteiger partial charge in [-0.05, 0) is 77.0 Å². The molecular weight excluding hydrogens is 497 g/mol. The minimum atomic E-state index is -4.59. The second-order valence-electron chi connectivity index (χ2n) is 7.41. The molecule has 4 aromatic rings. The van der Waals surface area contributed by atoms with Gasteiger partial charge in [0.15, 0.2) is 0 Å². The minimum absolute atomic E-state index is 0.378. The Hall–Kier alpha value is -3.27. The van der Waals surface area contributed by atoms with Crippen LogP contribution in [-0.4, -0.2) is 15.5 Å². The van der Waals surface area contributed by atoms with Crippen molar-refractivity contribution in [2.45, 2.75) is 25.8 Å². The highest BCUT2D eigenvalue weighted by Crippen LogP contribution is 2.70. The molecule has 0 spiro atoms. The SMILES string of the molecule is COc1cccc(S(OS(=O)(=O)c2ccc(C(F)(F)F)cc2)(c2ccccc2)c2ccccc2)c1. The third-order valence-corrected chi connectivity index (χ3v) is 10.4. The molecule has 0 radical (unpaired) electrons. The van der Waals surface area contributed by atoms with Gasteiger partial charge in [-0.15, -0.1) is 0 Å². The lowest BCUT2D eigenvalue weighted by molar-refractivity contribution is -0.137. The summed E-state index contributed by atoms with van der Waals surface area (Å²) in [7, 11) is -5.91. The third kappa shape index (κ3) is 5.07. The van der Waals surface area contributed by atoms with Crippen LogP contribution in [-0.2, 0) is 19.9 Å². The van der Waals surface area contributed by atoms with Crippen LogP contribution in [0.2, 0.25) is 0 Å². The largest absolute Gasteiger partial charge is 0.497 e. The van der Waals surface area contributed by atoms with Crippen LogP contribution in [0.1, 0.15) is 5.56 Å². The van der Waals surface area contributed by atoms with E-state index in [4.69, 9.17) is 8.37 Å². The molecule has 0 aliphatic carbocycles. The van der Waals surface area contributed by atoms with Gasteiger partial charge in [0.2, 0.25) is 0 Å². The van der Waals surface area contributed by atoms with Crippen LogP contribution in [0.25, 0.3) is 0 Å². The fraction of sp³-hybridized carbons (Fsp3) is 0.0769. The van der Waals surface area contributed by atoms with E-state index >= 15 is 0 Å². The zero-order chi connectivity index (χ0) is 25.1. The van der Waals surface area contributed by atoms with E-state index in [9.17, 15) is 21.6 Å². The molecule has 0 heterocycles. The van der Waals surface area contributed by atoms with Gasteiger partial charge in [-0.2, -0.15) is 21.6 Å². The molecule has 4 rings (SSSR count). The summed E-state index contributed by atoms with van der Waals surface area (Å²) in [4.78, 5) is 1.35. The van der Waals surface area contributed by atoms with Gasteiger partial charge in [0, 0.05) is 14.7 Å². The molecule has 0 N–H and O–H groups in total. The second-order valence-corrected chi connectivity index (χ2v) is 11.9. The molecule has 0 aliphatic heterocycles. The molecule has 0 aliphatic rings. The Labute approximate surface area is 203 Å². The third-order valence-electron chi connectivity index (χ3n) is 5.19. The minimum Gasteiger partial charge on any atom is -0.497 e. The fourth-order valence-corrected chi connectivity index (χ4v) is 8.77. The van der Waals surface area contributed by atoms with Crippen molar-refractivity contribution >= 4 is 20.4 Å². The Morgan fingerprint density at radius 1 is 0.629 bits per heavy atom. The molecule has 0 saturated carbocycles. The number of benzene rings is 4. The summed E-state index contributed by atoms with van der Waals surface area (Å²) >= 11 is 0. The van der Waals surface area contributed by atoms with Gasteiger partial charge < -0.3 is 4.74 Å². The first-order valence-electron chi connectivity index (χ1n) is 10.4. The number of hydrogen-bond donors (Lipinski definition) is 0. The van der Waals surface area contributed by atoms with Crippen molar-refractivity contribution in [2.24, 2.45) is 0 Å². The van der Waals surface area contributed by atoms with Crippen molar-refractivity contribution in [3.05, 3.63) is 115 Å². The standard InChI is InChI=1S/C26H21F3O4S2/c1-32-21-9-8-14-25(19-21)34(22-10-4-2-5-11-22,23-12-6-3-7-13-23)33-35(30,31)24-17-15-20(16-18-24)26(27,28)29/h2-19H,1H3. The first-order chi connectivity index (χ1) is 16.7. The Kier molecular flexibility index (Phi) is 6.93. The quantitative estimate of drug-likeness (QED) is 0.257. The van der Waals surface area contributed by atoms with E-state index in [1.165, 1.54) is 7.11 Å². The summed E-state index contributed by atoms with van der Waals surface area (Å²) in [6, 6.07) is 27.9. The smallest absolute Gasteiger partial charge is 0.416 e. The van der Waals surface area contributed by atoms with Crippen LogP contribution < -0.4 is 4.74 Å². The highest BCUT2D eigenvalue weighted by atomic mass is 32.3. The molecule has 0 atom stereocenters. The summed E-state index contributed by atoms with van der Waals surface area (Å²) < 4.78 is 77.7. The first-order valence-corrected chi connectivity index (χ1v) is 13.3. The number of hydrogen-bond acceptors (Lipinski definition) is 4. The van der Waals surface area contributed by atoms with Crippen molar-refractivity contribution in [1.29, 1.82) is 0 Å². The normalized spacial score (nSPS) is 12.8. The monoisotopic (exact) mass is 518 g/mol. The molecule has 0 fully saturated rings. The highest BCUT2D eigenvalue weighted by Gasteiger charge is 2.39. The van der Waals surface area contributed by atoms with Crippen LogP contribution in [0.15, 0.2) is 129 Å². The van der Waals surface area contributed by atoms with E-state index in [0.717, 1.165) is 24.3 Å². The molecule has 4 aromatic carbocycles. The molecular formula is C26H21F3O4S2. The zero-order valence-corrected chi connectivity index (χ0v) is 20.1. The Bertz CT molecular complexity index is 1350.